The summed E-state index contributed by atoms with van der Waals surface area (Å²) in [4.78, 5) is 1.29. The van der Waals surface area contributed by atoms with Crippen molar-refractivity contribution in [2.45, 2.75) is 32.4 Å². The number of nitrogens with one attached hydrogen (secondary N) is 1. The van der Waals surface area contributed by atoms with Crippen molar-refractivity contribution in [2.75, 3.05) is 6.54 Å². The molecule has 0 radical (unpaired) electrons. The van der Waals surface area contributed by atoms with Crippen LogP contribution in [0.25, 0.3) is 0 Å². The number of hydrogen-bond donors (Lipinski definition) is 2. The molecule has 1 atom stereocenters. The lowest BCUT2D eigenvalue weighted by atomic mass is 10.2. The first-order chi connectivity index (χ1) is 6.74. The van der Waals surface area contributed by atoms with Gasteiger partial charge in [0, 0.05) is 22.4 Å². The third-order valence-electron chi connectivity index (χ3n) is 1.98. The van der Waals surface area contributed by atoms with E-state index in [1.54, 1.807) is 11.3 Å². The first-order valence-electron chi connectivity index (χ1n) is 4.84. The monoisotopic (exact) mass is 277 g/mol. The predicted octanol–water partition coefficient (Wildman–Crippen LogP) is 2.76. The largest absolute Gasteiger partial charge is 0.392 e. The Morgan fingerprint density at radius 3 is 3.00 bits per heavy atom. The van der Waals surface area contributed by atoms with E-state index in [9.17, 15) is 5.11 Å². The van der Waals surface area contributed by atoms with Crippen LogP contribution >= 0.6 is 27.3 Å². The predicted molar refractivity (Wildman–Crippen MR) is 64.6 cm³/mol. The van der Waals surface area contributed by atoms with Gasteiger partial charge >= 0.3 is 0 Å². The van der Waals surface area contributed by atoms with E-state index in [2.05, 4.69) is 33.6 Å². The molecule has 0 saturated heterocycles. The summed E-state index contributed by atoms with van der Waals surface area (Å²) in [6, 6.07) is 2.05. The Morgan fingerprint density at radius 1 is 1.64 bits per heavy atom. The van der Waals surface area contributed by atoms with Crippen molar-refractivity contribution >= 4 is 27.3 Å². The van der Waals surface area contributed by atoms with Gasteiger partial charge in [-0.15, -0.1) is 11.3 Å². The number of thiophene rings is 1. The Balaban J connectivity index is 2.19. The number of hydrogen-bond acceptors (Lipinski definition) is 3. The third kappa shape index (κ3) is 4.09. The topological polar surface area (TPSA) is 32.3 Å². The fourth-order valence-electron chi connectivity index (χ4n) is 1.24. The maximum Gasteiger partial charge on any atom is 0.0664 e. The summed E-state index contributed by atoms with van der Waals surface area (Å²) in [7, 11) is 0. The van der Waals surface area contributed by atoms with E-state index in [1.807, 2.05) is 6.07 Å². The highest BCUT2D eigenvalue weighted by molar-refractivity contribution is 9.10. The van der Waals surface area contributed by atoms with Gasteiger partial charge in [0.1, 0.15) is 0 Å². The molecule has 1 aromatic rings. The van der Waals surface area contributed by atoms with Gasteiger partial charge in [0.25, 0.3) is 0 Å². The van der Waals surface area contributed by atoms with Gasteiger partial charge in [-0.1, -0.05) is 13.3 Å². The fraction of sp³-hybridized carbons (Fsp3) is 0.600. The molecule has 0 aliphatic heterocycles. The van der Waals surface area contributed by atoms with Gasteiger partial charge in [0.2, 0.25) is 0 Å². The first-order valence-corrected chi connectivity index (χ1v) is 6.52. The molecular formula is C10H16BrNOS. The molecule has 2 nitrogen and oxygen atoms in total. The molecular weight excluding hydrogens is 262 g/mol. The second-order valence-electron chi connectivity index (χ2n) is 3.27. The number of halogens is 1. The zero-order valence-corrected chi connectivity index (χ0v) is 10.7. The van der Waals surface area contributed by atoms with E-state index in [1.165, 1.54) is 4.88 Å². The van der Waals surface area contributed by atoms with Crippen LogP contribution in [0.5, 0.6) is 0 Å². The van der Waals surface area contributed by atoms with Crippen LogP contribution in [0.15, 0.2) is 15.9 Å². The van der Waals surface area contributed by atoms with Crippen molar-refractivity contribution < 1.29 is 5.11 Å². The Bertz CT molecular complexity index is 264. The molecule has 1 heterocycles. The van der Waals surface area contributed by atoms with E-state index in [-0.39, 0.29) is 6.10 Å². The van der Waals surface area contributed by atoms with Gasteiger partial charge in [-0.25, -0.2) is 0 Å². The van der Waals surface area contributed by atoms with Gasteiger partial charge in [-0.3, -0.25) is 0 Å². The maximum absolute atomic E-state index is 9.48. The summed E-state index contributed by atoms with van der Waals surface area (Å²) in [5.74, 6) is 0. The highest BCUT2D eigenvalue weighted by Crippen LogP contribution is 2.21. The van der Waals surface area contributed by atoms with Gasteiger partial charge in [0.05, 0.1) is 6.10 Å². The summed E-state index contributed by atoms with van der Waals surface area (Å²) >= 11 is 5.20. The van der Waals surface area contributed by atoms with Crippen molar-refractivity contribution in [3.8, 4) is 0 Å². The number of aliphatic hydroxyl groups excluding tert-OH is 1. The standard InChI is InChI=1S/C10H16BrNOS/c1-2-3-8(13)6-12-7-10-9(11)4-5-14-10/h4-5,8,12-13H,2-3,6-7H2,1H3. The lowest BCUT2D eigenvalue weighted by Crippen LogP contribution is -2.25. The van der Waals surface area contributed by atoms with Crippen LogP contribution < -0.4 is 5.32 Å². The maximum atomic E-state index is 9.48. The molecule has 80 valence electrons. The minimum absolute atomic E-state index is 0.210. The van der Waals surface area contributed by atoms with Crippen LogP contribution in [-0.2, 0) is 6.54 Å². The normalized spacial score (nSPS) is 13.1. The fourth-order valence-corrected chi connectivity index (χ4v) is 2.70. The van der Waals surface area contributed by atoms with Gasteiger partial charge in [-0.2, -0.15) is 0 Å². The van der Waals surface area contributed by atoms with E-state index >= 15 is 0 Å². The van der Waals surface area contributed by atoms with Gasteiger partial charge in [0.15, 0.2) is 0 Å². The van der Waals surface area contributed by atoms with Crippen LogP contribution in [0.4, 0.5) is 0 Å². The summed E-state index contributed by atoms with van der Waals surface area (Å²) in [5.41, 5.74) is 0. The average Bonchev–Trinajstić information content (AvgIpc) is 2.52. The van der Waals surface area contributed by atoms with Crippen LogP contribution in [0, 0.1) is 0 Å². The lowest BCUT2D eigenvalue weighted by molar-refractivity contribution is 0.160. The van der Waals surface area contributed by atoms with Crippen molar-refractivity contribution in [2.24, 2.45) is 0 Å². The van der Waals surface area contributed by atoms with Crippen LogP contribution in [0.2, 0.25) is 0 Å². The molecule has 1 rings (SSSR count). The average molecular weight is 278 g/mol. The van der Waals surface area contributed by atoms with Crippen LogP contribution in [0.3, 0.4) is 0 Å². The minimum Gasteiger partial charge on any atom is -0.392 e. The zero-order chi connectivity index (χ0) is 10.4. The molecule has 1 aromatic heterocycles. The summed E-state index contributed by atoms with van der Waals surface area (Å²) in [6.45, 7) is 3.59. The molecule has 0 amide bonds. The summed E-state index contributed by atoms with van der Waals surface area (Å²) in [5, 5.41) is 14.8. The Labute approximate surface area is 97.5 Å². The second-order valence-corrected chi connectivity index (χ2v) is 5.12. The van der Waals surface area contributed by atoms with Crippen molar-refractivity contribution in [1.82, 2.24) is 5.32 Å². The van der Waals surface area contributed by atoms with E-state index < -0.39 is 0 Å². The van der Waals surface area contributed by atoms with Gasteiger partial charge < -0.3 is 10.4 Å². The molecule has 0 aliphatic rings. The molecule has 2 N–H and O–H groups in total. The zero-order valence-electron chi connectivity index (χ0n) is 8.29. The molecule has 0 spiro atoms. The highest BCUT2D eigenvalue weighted by atomic mass is 79.9. The summed E-state index contributed by atoms with van der Waals surface area (Å²) in [6.07, 6.45) is 1.70. The lowest BCUT2D eigenvalue weighted by Gasteiger charge is -2.09. The number of aliphatic hydroxyl groups is 1. The highest BCUT2D eigenvalue weighted by Gasteiger charge is 2.03. The van der Waals surface area contributed by atoms with E-state index in [0.717, 1.165) is 23.9 Å². The Hall–Kier alpha value is 0.100. The van der Waals surface area contributed by atoms with Gasteiger partial charge in [-0.05, 0) is 33.8 Å². The van der Waals surface area contributed by atoms with Crippen molar-refractivity contribution in [3.05, 3.63) is 20.8 Å². The second kappa shape index (κ2) is 6.56. The molecule has 0 fully saturated rings. The molecule has 0 bridgehead atoms. The minimum atomic E-state index is -0.210. The number of rotatable bonds is 6. The van der Waals surface area contributed by atoms with E-state index in [4.69, 9.17) is 0 Å². The third-order valence-corrected chi connectivity index (χ3v) is 3.90. The Kier molecular flexibility index (Phi) is 5.70. The molecule has 0 aromatic carbocycles. The SMILES string of the molecule is CCCC(O)CNCc1sccc1Br. The molecule has 14 heavy (non-hydrogen) atoms. The molecule has 1 unspecified atom stereocenters. The first kappa shape index (κ1) is 12.2. The van der Waals surface area contributed by atoms with Crippen molar-refractivity contribution in [3.63, 3.8) is 0 Å². The van der Waals surface area contributed by atoms with Crippen LogP contribution in [-0.4, -0.2) is 17.8 Å². The molecule has 0 aliphatic carbocycles. The molecule has 0 saturated carbocycles. The molecule has 4 heteroatoms. The summed E-state index contributed by atoms with van der Waals surface area (Å²) < 4.78 is 1.15. The van der Waals surface area contributed by atoms with Crippen LogP contribution in [0.1, 0.15) is 24.6 Å². The smallest absolute Gasteiger partial charge is 0.0664 e. The quantitative estimate of drug-likeness (QED) is 0.838. The Morgan fingerprint density at radius 2 is 2.43 bits per heavy atom. The van der Waals surface area contributed by atoms with Crippen molar-refractivity contribution in [1.29, 1.82) is 0 Å². The van der Waals surface area contributed by atoms with E-state index in [0.29, 0.717) is 6.54 Å².